The second kappa shape index (κ2) is 6.53. The van der Waals surface area contributed by atoms with Crippen molar-refractivity contribution in [1.82, 2.24) is 20.0 Å². The van der Waals surface area contributed by atoms with E-state index in [0.29, 0.717) is 23.9 Å². The number of hydrogen-bond acceptors (Lipinski definition) is 5. The monoisotopic (exact) mass is 413 g/mol. The number of anilines is 1. The Morgan fingerprint density at radius 2 is 2.12 bits per heavy atom. The van der Waals surface area contributed by atoms with Gasteiger partial charge >= 0.3 is 0 Å². The SMILES string of the molecule is COc1ccc(-n2nc(C)c3c2NC(=O)C[C@@H]3c2cccc(Br)c2)nn1. The van der Waals surface area contributed by atoms with Crippen LogP contribution in [0.3, 0.4) is 0 Å². The molecule has 3 aromatic rings. The molecule has 8 heteroatoms. The number of methoxy groups -OCH3 is 1. The standard InChI is InChI=1S/C18H16BrN5O2/c1-10-17-13(11-4-3-5-12(19)8-11)9-15(25)20-18(17)24(23-10)14-6-7-16(26-2)22-21-14/h3-8,13H,9H2,1-2H3,(H,20,25)/t13-/m1/s1. The van der Waals surface area contributed by atoms with Crippen LogP contribution in [-0.4, -0.2) is 33.0 Å². The summed E-state index contributed by atoms with van der Waals surface area (Å²) in [6.07, 6.45) is 0.379. The molecule has 3 heterocycles. The van der Waals surface area contributed by atoms with Gasteiger partial charge in [0, 0.05) is 28.4 Å². The van der Waals surface area contributed by atoms with Crippen molar-refractivity contribution >= 4 is 27.7 Å². The minimum Gasteiger partial charge on any atom is -0.480 e. The Kier molecular flexibility index (Phi) is 4.20. The number of nitrogens with zero attached hydrogens (tertiary/aromatic N) is 4. The third-order valence-corrected chi connectivity index (χ3v) is 4.90. The van der Waals surface area contributed by atoms with Crippen LogP contribution in [0, 0.1) is 6.92 Å². The van der Waals surface area contributed by atoms with Crippen LogP contribution in [0.4, 0.5) is 5.82 Å². The maximum absolute atomic E-state index is 12.4. The molecule has 1 aliphatic heterocycles. The van der Waals surface area contributed by atoms with Gasteiger partial charge in [0.15, 0.2) is 5.82 Å². The summed E-state index contributed by atoms with van der Waals surface area (Å²) in [6, 6.07) is 11.5. The van der Waals surface area contributed by atoms with Crippen LogP contribution < -0.4 is 10.1 Å². The minimum absolute atomic E-state index is 0.0508. The van der Waals surface area contributed by atoms with Gasteiger partial charge in [-0.05, 0) is 30.7 Å². The summed E-state index contributed by atoms with van der Waals surface area (Å²) in [5.41, 5.74) is 2.92. The normalized spacial score (nSPS) is 16.1. The van der Waals surface area contributed by atoms with Gasteiger partial charge in [0.2, 0.25) is 11.8 Å². The molecule has 0 unspecified atom stereocenters. The first-order valence-corrected chi connectivity index (χ1v) is 8.89. The molecule has 4 rings (SSSR count). The lowest BCUT2D eigenvalue weighted by Gasteiger charge is -2.24. The highest BCUT2D eigenvalue weighted by molar-refractivity contribution is 9.10. The van der Waals surface area contributed by atoms with Crippen molar-refractivity contribution in [3.05, 3.63) is 57.7 Å². The van der Waals surface area contributed by atoms with E-state index in [9.17, 15) is 4.79 Å². The third kappa shape index (κ3) is 2.86. The number of hydrogen-bond donors (Lipinski definition) is 1. The lowest BCUT2D eigenvalue weighted by atomic mass is 9.86. The molecule has 1 amide bonds. The van der Waals surface area contributed by atoms with Gasteiger partial charge < -0.3 is 10.1 Å². The molecular formula is C18H16BrN5O2. The molecular weight excluding hydrogens is 398 g/mol. The number of amides is 1. The molecule has 0 radical (unpaired) electrons. The Bertz CT molecular complexity index is 984. The fourth-order valence-corrected chi connectivity index (χ4v) is 3.67. The first kappa shape index (κ1) is 16.7. The Morgan fingerprint density at radius 3 is 2.81 bits per heavy atom. The fraction of sp³-hybridized carbons (Fsp3) is 0.222. The predicted molar refractivity (Wildman–Crippen MR) is 99.7 cm³/mol. The van der Waals surface area contributed by atoms with Gasteiger partial charge in [0.25, 0.3) is 0 Å². The van der Waals surface area contributed by atoms with Gasteiger partial charge in [-0.3, -0.25) is 4.79 Å². The van der Waals surface area contributed by atoms with E-state index in [4.69, 9.17) is 4.74 Å². The van der Waals surface area contributed by atoms with E-state index in [0.717, 1.165) is 21.3 Å². The number of aromatic nitrogens is 4. The van der Waals surface area contributed by atoms with Crippen molar-refractivity contribution in [3.63, 3.8) is 0 Å². The van der Waals surface area contributed by atoms with Gasteiger partial charge in [-0.15, -0.1) is 10.2 Å². The molecule has 0 fully saturated rings. The quantitative estimate of drug-likeness (QED) is 0.712. The van der Waals surface area contributed by atoms with Crippen LogP contribution in [0.2, 0.25) is 0 Å². The maximum atomic E-state index is 12.4. The average molecular weight is 414 g/mol. The zero-order valence-electron chi connectivity index (χ0n) is 14.2. The summed E-state index contributed by atoms with van der Waals surface area (Å²) >= 11 is 3.51. The van der Waals surface area contributed by atoms with Crippen molar-refractivity contribution < 1.29 is 9.53 Å². The summed E-state index contributed by atoms with van der Waals surface area (Å²) in [6.45, 7) is 1.94. The van der Waals surface area contributed by atoms with Crippen LogP contribution in [-0.2, 0) is 4.79 Å². The van der Waals surface area contributed by atoms with Crippen molar-refractivity contribution in [3.8, 4) is 11.7 Å². The van der Waals surface area contributed by atoms with E-state index in [1.54, 1.807) is 16.8 Å². The molecule has 1 aliphatic rings. The molecule has 26 heavy (non-hydrogen) atoms. The van der Waals surface area contributed by atoms with Crippen molar-refractivity contribution in [1.29, 1.82) is 0 Å². The number of benzene rings is 1. The Balaban J connectivity index is 1.84. The predicted octanol–water partition coefficient (Wildman–Crippen LogP) is 3.22. The van der Waals surface area contributed by atoms with Crippen LogP contribution in [0.25, 0.3) is 5.82 Å². The molecule has 7 nitrogen and oxygen atoms in total. The topological polar surface area (TPSA) is 81.9 Å². The van der Waals surface area contributed by atoms with Crippen LogP contribution in [0.1, 0.15) is 29.2 Å². The number of carbonyl (C=O) groups is 1. The largest absolute Gasteiger partial charge is 0.480 e. The lowest BCUT2D eigenvalue weighted by molar-refractivity contribution is -0.116. The van der Waals surface area contributed by atoms with E-state index < -0.39 is 0 Å². The molecule has 0 aliphatic carbocycles. The van der Waals surface area contributed by atoms with Crippen molar-refractivity contribution in [2.45, 2.75) is 19.3 Å². The van der Waals surface area contributed by atoms with Crippen molar-refractivity contribution in [2.75, 3.05) is 12.4 Å². The number of aryl methyl sites for hydroxylation is 1. The van der Waals surface area contributed by atoms with Gasteiger partial charge in [0.05, 0.1) is 12.8 Å². The van der Waals surface area contributed by atoms with Gasteiger partial charge in [-0.25, -0.2) is 0 Å². The number of ether oxygens (including phenoxy) is 1. The summed E-state index contributed by atoms with van der Waals surface area (Å²) in [5.74, 6) is 1.47. The molecule has 0 saturated heterocycles. The van der Waals surface area contributed by atoms with Gasteiger partial charge in [-0.1, -0.05) is 28.1 Å². The number of rotatable bonds is 3. The van der Waals surface area contributed by atoms with Crippen LogP contribution >= 0.6 is 15.9 Å². The summed E-state index contributed by atoms with van der Waals surface area (Å²) in [5, 5.41) is 15.7. The lowest BCUT2D eigenvalue weighted by Crippen LogP contribution is -2.25. The summed E-state index contributed by atoms with van der Waals surface area (Å²) in [7, 11) is 1.53. The zero-order chi connectivity index (χ0) is 18.3. The Hall–Kier alpha value is -2.74. The molecule has 1 aromatic carbocycles. The number of halogens is 1. The second-order valence-corrected chi connectivity index (χ2v) is 6.97. The highest BCUT2D eigenvalue weighted by Crippen LogP contribution is 2.40. The average Bonchev–Trinajstić information content (AvgIpc) is 2.97. The first-order chi connectivity index (χ1) is 12.6. The molecule has 0 bridgehead atoms. The third-order valence-electron chi connectivity index (χ3n) is 4.41. The Morgan fingerprint density at radius 1 is 1.27 bits per heavy atom. The van der Waals surface area contributed by atoms with Crippen LogP contribution in [0.15, 0.2) is 40.9 Å². The van der Waals surface area contributed by atoms with Gasteiger partial charge in [-0.2, -0.15) is 9.78 Å². The van der Waals surface area contributed by atoms with E-state index in [-0.39, 0.29) is 11.8 Å². The number of nitrogens with one attached hydrogen (secondary N) is 1. The molecule has 1 N–H and O–H groups in total. The molecule has 132 valence electrons. The number of fused-ring (bicyclic) bond motifs is 1. The second-order valence-electron chi connectivity index (χ2n) is 6.05. The van der Waals surface area contributed by atoms with E-state index in [1.165, 1.54) is 7.11 Å². The molecule has 0 spiro atoms. The minimum atomic E-state index is -0.0591. The Labute approximate surface area is 158 Å². The molecule has 0 saturated carbocycles. The van der Waals surface area contributed by atoms with Crippen LogP contribution in [0.5, 0.6) is 5.88 Å². The first-order valence-electron chi connectivity index (χ1n) is 8.09. The van der Waals surface area contributed by atoms with E-state index >= 15 is 0 Å². The van der Waals surface area contributed by atoms with Crippen molar-refractivity contribution in [2.24, 2.45) is 0 Å². The maximum Gasteiger partial charge on any atom is 0.233 e. The molecule has 1 atom stereocenters. The highest BCUT2D eigenvalue weighted by Gasteiger charge is 2.33. The smallest absolute Gasteiger partial charge is 0.233 e. The van der Waals surface area contributed by atoms with E-state index in [2.05, 4.69) is 36.5 Å². The van der Waals surface area contributed by atoms with Gasteiger partial charge in [0.1, 0.15) is 5.82 Å². The molecule has 2 aromatic heterocycles. The number of carbonyl (C=O) groups excluding carboxylic acids is 1. The highest BCUT2D eigenvalue weighted by atomic mass is 79.9. The zero-order valence-corrected chi connectivity index (χ0v) is 15.8. The summed E-state index contributed by atoms with van der Waals surface area (Å²) < 4.78 is 7.65. The fourth-order valence-electron chi connectivity index (χ4n) is 3.26. The summed E-state index contributed by atoms with van der Waals surface area (Å²) in [4.78, 5) is 12.4. The van der Waals surface area contributed by atoms with E-state index in [1.807, 2.05) is 31.2 Å².